The van der Waals surface area contributed by atoms with Crippen LogP contribution in [0.2, 0.25) is 0 Å². The molecule has 2 rings (SSSR count). The summed E-state index contributed by atoms with van der Waals surface area (Å²) in [6.45, 7) is 0. The summed E-state index contributed by atoms with van der Waals surface area (Å²) in [5.41, 5.74) is -0.350. The fraction of sp³-hybridized carbons (Fsp3) is 0. The average Bonchev–Trinajstić information content (AvgIpc) is 2.27. The summed E-state index contributed by atoms with van der Waals surface area (Å²) in [7, 11) is 0. The first-order valence-corrected chi connectivity index (χ1v) is 4.59. The Morgan fingerprint density at radius 2 is 1.53 bits per heavy atom. The molecule has 0 atom stereocenters. The van der Waals surface area contributed by atoms with Gasteiger partial charge in [0, 0.05) is 0 Å². The summed E-state index contributed by atoms with van der Waals surface area (Å²) in [5, 5.41) is 19.1. The molecule has 0 unspecified atom stereocenters. The molecule has 0 saturated heterocycles. The van der Waals surface area contributed by atoms with E-state index in [-0.39, 0.29) is 38.4 Å². The second-order valence-corrected chi connectivity index (χ2v) is 3.32. The van der Waals surface area contributed by atoms with Gasteiger partial charge in [0.05, 0.1) is 11.1 Å². The van der Waals surface area contributed by atoms with Gasteiger partial charge in [-0.2, -0.15) is 0 Å². The van der Waals surface area contributed by atoms with Gasteiger partial charge in [0.15, 0.2) is 0 Å². The summed E-state index contributed by atoms with van der Waals surface area (Å²) >= 11 is 0. The Morgan fingerprint density at radius 3 is 2.12 bits per heavy atom. The van der Waals surface area contributed by atoms with Crippen molar-refractivity contribution in [1.29, 1.82) is 0 Å². The van der Waals surface area contributed by atoms with E-state index in [0.29, 0.717) is 10.8 Å². The molecule has 17 heavy (non-hydrogen) atoms. The van der Waals surface area contributed by atoms with Crippen LogP contribution in [0.3, 0.4) is 0 Å². The van der Waals surface area contributed by atoms with Crippen LogP contribution in [0.5, 0.6) is 0 Å². The Balaban J connectivity index is 0.00000144. The van der Waals surface area contributed by atoms with E-state index in [0.717, 1.165) is 0 Å². The van der Waals surface area contributed by atoms with E-state index in [2.05, 4.69) is 0 Å². The molecule has 0 spiro atoms. The molecule has 0 aromatic heterocycles. The van der Waals surface area contributed by atoms with Crippen molar-refractivity contribution in [3.05, 3.63) is 47.5 Å². The third kappa shape index (κ3) is 2.46. The number of hydrogen-bond donors (Lipinski definition) is 2. The second-order valence-electron chi connectivity index (χ2n) is 3.32. The van der Waals surface area contributed by atoms with E-state index in [1.54, 1.807) is 30.3 Å². The molecule has 86 valence electrons. The number of aromatic carboxylic acids is 2. The van der Waals surface area contributed by atoms with Crippen molar-refractivity contribution in [1.82, 2.24) is 0 Å². The van der Waals surface area contributed by atoms with Crippen molar-refractivity contribution < 1.29 is 19.8 Å². The zero-order valence-electron chi connectivity index (χ0n) is 8.88. The van der Waals surface area contributed by atoms with Gasteiger partial charge in [-0.1, -0.05) is 30.3 Å². The monoisotopic (exact) mass is 426 g/mol. The van der Waals surface area contributed by atoms with Crippen LogP contribution in [0.1, 0.15) is 20.7 Å². The van der Waals surface area contributed by atoms with Crippen molar-refractivity contribution >= 4 is 50.0 Å². The summed E-state index contributed by atoms with van der Waals surface area (Å²) in [4.78, 5) is 22.0. The van der Waals surface area contributed by atoms with Crippen molar-refractivity contribution in [3.63, 3.8) is 0 Å². The number of rotatable bonds is 2. The topological polar surface area (TPSA) is 74.6 Å². The molecule has 2 N–H and O–H groups in total. The van der Waals surface area contributed by atoms with Crippen LogP contribution in [0.4, 0.5) is 0 Å². The van der Waals surface area contributed by atoms with Gasteiger partial charge in [-0.15, -0.1) is 0 Å². The maximum absolute atomic E-state index is 11.1. The number of carboxylic acids is 2. The zero-order valence-corrected chi connectivity index (χ0v) is 14.4. The standard InChI is InChI=1S/C12H8O4.Pb.2H/c13-11(14)9-6-5-7-3-1-2-4-8(7)10(9)12(15)16;;;/h1-6H,(H,13,14)(H,15,16);;;. The molecule has 0 fully saturated rings. The van der Waals surface area contributed by atoms with E-state index in [4.69, 9.17) is 10.2 Å². The van der Waals surface area contributed by atoms with Gasteiger partial charge in [0.25, 0.3) is 0 Å². The Labute approximate surface area is 117 Å². The predicted octanol–water partition coefficient (Wildman–Crippen LogP) is 1.32. The third-order valence-electron chi connectivity index (χ3n) is 2.37. The molecule has 0 saturated carbocycles. The Kier molecular flexibility index (Phi) is 4.22. The molecule has 0 aliphatic heterocycles. The molecule has 2 aromatic carbocycles. The van der Waals surface area contributed by atoms with E-state index in [9.17, 15) is 9.59 Å². The van der Waals surface area contributed by atoms with Gasteiger partial charge in [-0.05, 0) is 16.8 Å². The molecular weight excluding hydrogens is 415 g/mol. The van der Waals surface area contributed by atoms with Crippen molar-refractivity contribution in [2.24, 2.45) is 0 Å². The molecule has 0 amide bonds. The second kappa shape index (κ2) is 5.26. The Hall–Kier alpha value is -1.44. The molecule has 0 aliphatic rings. The van der Waals surface area contributed by atoms with Crippen LogP contribution in [0, 0.1) is 0 Å². The Morgan fingerprint density at radius 1 is 0.882 bits per heavy atom. The molecule has 2 radical (unpaired) electrons. The van der Waals surface area contributed by atoms with E-state index in [1.807, 2.05) is 0 Å². The SMILES string of the molecule is O=C(O)c1ccc2ccccc2c1C(=O)O.[PbH2]. The minimum atomic E-state index is -1.23. The van der Waals surface area contributed by atoms with Crippen molar-refractivity contribution in [2.45, 2.75) is 0 Å². The first kappa shape index (κ1) is 13.6. The van der Waals surface area contributed by atoms with Crippen molar-refractivity contribution in [2.75, 3.05) is 0 Å². The van der Waals surface area contributed by atoms with Crippen LogP contribution in [0.15, 0.2) is 36.4 Å². The maximum atomic E-state index is 11.1. The van der Waals surface area contributed by atoms with Gasteiger partial charge >= 0.3 is 39.2 Å². The fourth-order valence-electron chi connectivity index (χ4n) is 1.68. The zero-order chi connectivity index (χ0) is 11.7. The first-order valence-electron chi connectivity index (χ1n) is 4.59. The van der Waals surface area contributed by atoms with Gasteiger partial charge in [0.2, 0.25) is 0 Å². The van der Waals surface area contributed by atoms with Crippen LogP contribution < -0.4 is 0 Å². The van der Waals surface area contributed by atoms with Gasteiger partial charge in [-0.3, -0.25) is 0 Å². The molecule has 0 heterocycles. The average molecular weight is 425 g/mol. The Bertz CT molecular complexity index is 592. The minimum absolute atomic E-state index is 0. The normalized spacial score (nSPS) is 9.65. The van der Waals surface area contributed by atoms with Crippen molar-refractivity contribution in [3.8, 4) is 0 Å². The summed E-state index contributed by atoms with van der Waals surface area (Å²) in [5.74, 6) is -2.46. The van der Waals surface area contributed by atoms with Crippen LogP contribution in [-0.4, -0.2) is 49.5 Å². The molecular formula is C12H10O4Pb. The van der Waals surface area contributed by atoms with E-state index in [1.165, 1.54) is 6.07 Å². The number of carbonyl (C=O) groups is 2. The van der Waals surface area contributed by atoms with Gasteiger partial charge in [0.1, 0.15) is 0 Å². The number of hydrogen-bond acceptors (Lipinski definition) is 2. The van der Waals surface area contributed by atoms with Gasteiger partial charge in [-0.25, -0.2) is 9.59 Å². The summed E-state index contributed by atoms with van der Waals surface area (Å²) in [6, 6.07) is 9.72. The van der Waals surface area contributed by atoms with Crippen LogP contribution in [0.25, 0.3) is 10.8 Å². The molecule has 5 heteroatoms. The first-order chi connectivity index (χ1) is 7.61. The van der Waals surface area contributed by atoms with Gasteiger partial charge < -0.3 is 10.2 Å². The quantitative estimate of drug-likeness (QED) is 0.712. The predicted molar refractivity (Wildman–Crippen MR) is 66.4 cm³/mol. The van der Waals surface area contributed by atoms with Crippen LogP contribution in [-0.2, 0) is 0 Å². The molecule has 0 bridgehead atoms. The van der Waals surface area contributed by atoms with E-state index >= 15 is 0 Å². The number of carboxylic acid groups (broad SMARTS) is 2. The third-order valence-corrected chi connectivity index (χ3v) is 2.37. The molecule has 0 aliphatic carbocycles. The number of fused-ring (bicyclic) bond motifs is 1. The fourth-order valence-corrected chi connectivity index (χ4v) is 1.68. The van der Waals surface area contributed by atoms with Crippen LogP contribution >= 0.6 is 0 Å². The summed E-state index contributed by atoms with van der Waals surface area (Å²) in [6.07, 6.45) is 0. The van der Waals surface area contributed by atoms with E-state index < -0.39 is 11.9 Å². The molecule has 4 nitrogen and oxygen atoms in total. The summed E-state index contributed by atoms with van der Waals surface area (Å²) < 4.78 is 0. The number of benzene rings is 2. The molecule has 2 aromatic rings.